The monoisotopic (exact) mass is 455 g/mol. The van der Waals surface area contributed by atoms with Crippen molar-refractivity contribution < 1.29 is 13.0 Å². The van der Waals surface area contributed by atoms with E-state index in [1.165, 1.54) is 0 Å². The quantitative estimate of drug-likeness (QED) is 0.338. The van der Waals surface area contributed by atoms with E-state index in [1.807, 2.05) is 6.92 Å². The van der Waals surface area contributed by atoms with Gasteiger partial charge in [0.1, 0.15) is 5.69 Å². The topological polar surface area (TPSA) is 121 Å². The molecule has 1 aromatic carbocycles. The van der Waals surface area contributed by atoms with Crippen molar-refractivity contribution in [3.8, 4) is 0 Å². The summed E-state index contributed by atoms with van der Waals surface area (Å²) in [6, 6.07) is 8.51. The molecule has 0 fully saturated rings. The lowest BCUT2D eigenvalue weighted by molar-refractivity contribution is 0.459. The highest BCUT2D eigenvalue weighted by Crippen LogP contribution is 2.31. The molecular formula is C17H22BrN5O3S. The van der Waals surface area contributed by atoms with Gasteiger partial charge < -0.3 is 10.6 Å². The van der Waals surface area contributed by atoms with Crippen LogP contribution >= 0.6 is 15.9 Å². The van der Waals surface area contributed by atoms with Gasteiger partial charge in [-0.25, -0.2) is 4.98 Å². The number of nitrogen functional groups attached to an aromatic ring is 1. The highest BCUT2D eigenvalue weighted by atomic mass is 79.9. The number of halogens is 1. The first-order valence-electron chi connectivity index (χ1n) is 8.42. The maximum Gasteiger partial charge on any atom is 0.286 e. The number of hydrogen-bond acceptors (Lipinski definition) is 7. The van der Waals surface area contributed by atoms with E-state index in [1.54, 1.807) is 48.4 Å². The molecule has 0 radical (unpaired) electrons. The van der Waals surface area contributed by atoms with Gasteiger partial charge in [-0.05, 0) is 59.1 Å². The third-order valence-electron chi connectivity index (χ3n) is 3.82. The van der Waals surface area contributed by atoms with Crippen molar-refractivity contribution in [3.63, 3.8) is 0 Å². The van der Waals surface area contributed by atoms with Gasteiger partial charge in [-0.15, -0.1) is 10.2 Å². The zero-order chi connectivity index (χ0) is 20.0. The van der Waals surface area contributed by atoms with Gasteiger partial charge in [-0.3, -0.25) is 4.55 Å². The summed E-state index contributed by atoms with van der Waals surface area (Å²) in [6.45, 7) is 4.10. The first-order valence-corrected chi connectivity index (χ1v) is 10.7. The fourth-order valence-corrected chi connectivity index (χ4v) is 3.82. The number of hydrogen-bond donors (Lipinski definition) is 2. The van der Waals surface area contributed by atoms with Gasteiger partial charge in [0.25, 0.3) is 10.1 Å². The number of aromatic nitrogens is 1. The number of anilines is 2. The zero-order valence-electron chi connectivity index (χ0n) is 15.1. The van der Waals surface area contributed by atoms with E-state index in [4.69, 9.17) is 5.73 Å². The van der Waals surface area contributed by atoms with Crippen molar-refractivity contribution in [2.75, 3.05) is 17.2 Å². The van der Waals surface area contributed by atoms with Crippen molar-refractivity contribution in [1.82, 2.24) is 4.98 Å². The van der Waals surface area contributed by atoms with Gasteiger partial charge in [0.05, 0.1) is 5.69 Å². The fourth-order valence-electron chi connectivity index (χ4n) is 2.62. The maximum atomic E-state index is 11.7. The molecule has 0 bridgehead atoms. The third kappa shape index (κ3) is 5.72. The van der Waals surface area contributed by atoms with E-state index in [0.717, 1.165) is 4.47 Å². The highest BCUT2D eigenvalue weighted by Gasteiger charge is 2.28. The van der Waals surface area contributed by atoms with Crippen LogP contribution in [0.5, 0.6) is 0 Å². The Hall–Kier alpha value is -2.04. The summed E-state index contributed by atoms with van der Waals surface area (Å²) in [5.41, 5.74) is 7.46. The first kappa shape index (κ1) is 21.3. The Kier molecular flexibility index (Phi) is 7.28. The molecule has 0 amide bonds. The standard InChI is InChI=1S/C17H22BrN5O3S/c1-3-9-23(17(4-2)27(24,25)26)13-6-7-15(14(19)10-13)21-22-16-8-5-12(18)11-20-16/h5-8,10-11,17H,3-4,9,19H2,1-2H3,(H,24,25,26)/b22-21+. The van der Waals surface area contributed by atoms with E-state index >= 15 is 0 Å². The van der Waals surface area contributed by atoms with Crippen LogP contribution < -0.4 is 10.6 Å². The highest BCUT2D eigenvalue weighted by molar-refractivity contribution is 9.10. The minimum atomic E-state index is -4.23. The molecule has 1 aromatic heterocycles. The summed E-state index contributed by atoms with van der Waals surface area (Å²) in [5.74, 6) is 0.437. The van der Waals surface area contributed by atoms with E-state index in [2.05, 4.69) is 31.1 Å². The molecule has 0 saturated heterocycles. The molecule has 0 aliphatic heterocycles. The van der Waals surface area contributed by atoms with Crippen molar-refractivity contribution in [3.05, 3.63) is 41.0 Å². The molecule has 0 aliphatic carbocycles. The number of rotatable bonds is 8. The number of nitrogens with zero attached hydrogens (tertiary/aromatic N) is 4. The fraction of sp³-hybridized carbons (Fsp3) is 0.353. The molecular weight excluding hydrogens is 434 g/mol. The van der Waals surface area contributed by atoms with E-state index in [9.17, 15) is 13.0 Å². The Balaban J connectivity index is 2.31. The molecule has 10 heteroatoms. The molecule has 0 spiro atoms. The predicted molar refractivity (Wildman–Crippen MR) is 110 cm³/mol. The summed E-state index contributed by atoms with van der Waals surface area (Å²) in [6.07, 6.45) is 2.57. The van der Waals surface area contributed by atoms with E-state index in [-0.39, 0.29) is 6.42 Å². The summed E-state index contributed by atoms with van der Waals surface area (Å²) in [7, 11) is -4.23. The van der Waals surface area contributed by atoms with E-state index in [0.29, 0.717) is 35.8 Å². The largest absolute Gasteiger partial charge is 0.397 e. The second-order valence-corrected chi connectivity index (χ2v) is 8.34. The average molecular weight is 456 g/mol. The van der Waals surface area contributed by atoms with Crippen LogP contribution in [0.2, 0.25) is 0 Å². The number of pyridine rings is 1. The second kappa shape index (κ2) is 9.25. The molecule has 1 unspecified atom stereocenters. The number of nitrogens with two attached hydrogens (primary N) is 1. The normalized spacial score (nSPS) is 13.0. The van der Waals surface area contributed by atoms with Crippen LogP contribution in [-0.2, 0) is 10.1 Å². The van der Waals surface area contributed by atoms with Crippen molar-refractivity contribution >= 4 is 48.9 Å². The summed E-state index contributed by atoms with van der Waals surface area (Å²) >= 11 is 3.30. The molecule has 1 heterocycles. The molecule has 0 aliphatic rings. The first-order chi connectivity index (χ1) is 12.8. The minimum Gasteiger partial charge on any atom is -0.397 e. The number of benzene rings is 1. The average Bonchev–Trinajstić information content (AvgIpc) is 2.61. The van der Waals surface area contributed by atoms with Crippen LogP contribution in [-0.4, -0.2) is 29.9 Å². The van der Waals surface area contributed by atoms with Gasteiger partial charge in [0.2, 0.25) is 0 Å². The van der Waals surface area contributed by atoms with Gasteiger partial charge in [0, 0.05) is 22.9 Å². The van der Waals surface area contributed by atoms with Crippen LogP contribution in [0.4, 0.5) is 22.9 Å². The van der Waals surface area contributed by atoms with Crippen LogP contribution in [0.15, 0.2) is 51.2 Å². The van der Waals surface area contributed by atoms with Crippen molar-refractivity contribution in [2.24, 2.45) is 10.2 Å². The van der Waals surface area contributed by atoms with Gasteiger partial charge in [-0.2, -0.15) is 8.42 Å². The molecule has 0 saturated carbocycles. The lowest BCUT2D eigenvalue weighted by Gasteiger charge is -2.31. The molecule has 2 aromatic rings. The Bertz CT molecular complexity index is 903. The Morgan fingerprint density at radius 1 is 1.26 bits per heavy atom. The smallest absolute Gasteiger partial charge is 0.286 e. The predicted octanol–water partition coefficient (Wildman–Crippen LogP) is 4.68. The number of azo groups is 1. The van der Waals surface area contributed by atoms with Crippen LogP contribution in [0, 0.1) is 0 Å². The molecule has 1 atom stereocenters. The van der Waals surface area contributed by atoms with Crippen molar-refractivity contribution in [1.29, 1.82) is 0 Å². The van der Waals surface area contributed by atoms with Crippen LogP contribution in [0.3, 0.4) is 0 Å². The molecule has 146 valence electrons. The van der Waals surface area contributed by atoms with Crippen molar-refractivity contribution in [2.45, 2.75) is 32.1 Å². The van der Waals surface area contributed by atoms with Gasteiger partial charge in [-0.1, -0.05) is 13.8 Å². The molecule has 8 nitrogen and oxygen atoms in total. The van der Waals surface area contributed by atoms with Gasteiger partial charge >= 0.3 is 0 Å². The van der Waals surface area contributed by atoms with Crippen LogP contribution in [0.1, 0.15) is 26.7 Å². The lowest BCUT2D eigenvalue weighted by Crippen LogP contribution is -2.41. The maximum absolute atomic E-state index is 11.7. The summed E-state index contributed by atoms with van der Waals surface area (Å²) in [4.78, 5) is 5.73. The molecule has 3 N–H and O–H groups in total. The zero-order valence-corrected chi connectivity index (χ0v) is 17.5. The molecule has 27 heavy (non-hydrogen) atoms. The summed E-state index contributed by atoms with van der Waals surface area (Å²) < 4.78 is 33.8. The van der Waals surface area contributed by atoms with Gasteiger partial charge in [0.15, 0.2) is 11.2 Å². The minimum absolute atomic E-state index is 0.245. The Morgan fingerprint density at radius 2 is 2.00 bits per heavy atom. The lowest BCUT2D eigenvalue weighted by atomic mass is 10.2. The Labute approximate surface area is 167 Å². The molecule has 2 rings (SSSR count). The van der Waals surface area contributed by atoms with E-state index < -0.39 is 15.5 Å². The second-order valence-electron chi connectivity index (χ2n) is 5.85. The summed E-state index contributed by atoms with van der Waals surface area (Å²) in [5, 5.41) is 7.11. The Morgan fingerprint density at radius 3 is 2.52 bits per heavy atom. The SMILES string of the molecule is CCCN(c1ccc(/N=N/c2ccc(Br)cn2)c(N)c1)C(CC)S(=O)(=O)O. The van der Waals surface area contributed by atoms with Crippen LogP contribution in [0.25, 0.3) is 0 Å². The third-order valence-corrected chi connectivity index (χ3v) is 5.56.